The third-order valence-electron chi connectivity index (χ3n) is 4.61. The van der Waals surface area contributed by atoms with Crippen LogP contribution < -0.4 is 5.32 Å². The van der Waals surface area contributed by atoms with Crippen LogP contribution in [-0.2, 0) is 7.05 Å². The Labute approximate surface area is 147 Å². The fourth-order valence-corrected chi connectivity index (χ4v) is 4.33. The number of aromatic nitrogens is 2. The summed E-state index contributed by atoms with van der Waals surface area (Å²) in [5, 5.41) is 8.72. The monoisotopic (exact) mass is 356 g/mol. The van der Waals surface area contributed by atoms with Gasteiger partial charge >= 0.3 is 0 Å². The van der Waals surface area contributed by atoms with Gasteiger partial charge in [-0.3, -0.25) is 9.48 Å². The maximum absolute atomic E-state index is 12.7. The van der Waals surface area contributed by atoms with Crippen molar-refractivity contribution < 1.29 is 4.79 Å². The van der Waals surface area contributed by atoms with Gasteiger partial charge < -0.3 is 10.2 Å². The highest BCUT2D eigenvalue weighted by Gasteiger charge is 2.25. The molecule has 0 unspecified atom stereocenters. The normalized spacial score (nSPS) is 15.9. The van der Waals surface area contributed by atoms with E-state index in [0.717, 1.165) is 59.2 Å². The molecule has 0 saturated carbocycles. The largest absolute Gasteiger partial charge is 0.338 e. The molecule has 2 aromatic heterocycles. The van der Waals surface area contributed by atoms with Crippen molar-refractivity contribution in [3.8, 4) is 0 Å². The third-order valence-corrected chi connectivity index (χ3v) is 5.80. The highest BCUT2D eigenvalue weighted by atomic mass is 35.5. The number of amides is 1. The molecule has 3 heterocycles. The number of likely N-dealkylation sites (tertiary alicyclic amines) is 1. The van der Waals surface area contributed by atoms with Crippen molar-refractivity contribution in [1.82, 2.24) is 20.0 Å². The Hall–Kier alpha value is -1.11. The van der Waals surface area contributed by atoms with Gasteiger partial charge in [0.15, 0.2) is 0 Å². The lowest BCUT2D eigenvalue weighted by molar-refractivity contribution is 0.0692. The van der Waals surface area contributed by atoms with Gasteiger partial charge in [0, 0.05) is 25.5 Å². The predicted octanol–water partition coefficient (Wildman–Crippen LogP) is 2.83. The van der Waals surface area contributed by atoms with Gasteiger partial charge in [0.2, 0.25) is 0 Å². The van der Waals surface area contributed by atoms with E-state index < -0.39 is 0 Å². The molecule has 5 nitrogen and oxygen atoms in total. The molecular weight excluding hydrogens is 332 g/mol. The zero-order valence-electron chi connectivity index (χ0n) is 14.0. The van der Waals surface area contributed by atoms with Crippen LogP contribution in [-0.4, -0.2) is 47.3 Å². The number of nitrogens with zero attached hydrogens (tertiary/aromatic N) is 3. The average molecular weight is 357 g/mol. The number of carbonyl (C=O) groups excluding carboxylic acids is 1. The molecule has 1 N–H and O–H groups in total. The van der Waals surface area contributed by atoms with Gasteiger partial charge in [0.05, 0.1) is 10.6 Å². The van der Waals surface area contributed by atoms with Crippen LogP contribution in [0.25, 0.3) is 10.2 Å². The second-order valence-electron chi connectivity index (χ2n) is 6.17. The quantitative estimate of drug-likeness (QED) is 0.916. The fourth-order valence-electron chi connectivity index (χ4n) is 3.24. The van der Waals surface area contributed by atoms with Gasteiger partial charge in [-0.1, -0.05) is 0 Å². The predicted molar refractivity (Wildman–Crippen MR) is 97.7 cm³/mol. The first-order chi connectivity index (χ1) is 10.6. The summed E-state index contributed by atoms with van der Waals surface area (Å²) in [7, 11) is 3.93. The molecule has 0 atom stereocenters. The van der Waals surface area contributed by atoms with E-state index in [9.17, 15) is 4.79 Å². The van der Waals surface area contributed by atoms with Crippen molar-refractivity contribution in [2.24, 2.45) is 13.0 Å². The molecule has 1 aliphatic heterocycles. The first-order valence-corrected chi connectivity index (χ1v) is 8.79. The Morgan fingerprint density at radius 3 is 2.74 bits per heavy atom. The summed E-state index contributed by atoms with van der Waals surface area (Å²) in [5.74, 6) is 0.943. The van der Waals surface area contributed by atoms with Crippen LogP contribution in [0.1, 0.15) is 34.6 Å². The first kappa shape index (κ1) is 18.2. The van der Waals surface area contributed by atoms with E-state index in [-0.39, 0.29) is 18.3 Å². The highest BCUT2D eigenvalue weighted by molar-refractivity contribution is 7.20. The van der Waals surface area contributed by atoms with Crippen molar-refractivity contribution >= 4 is 39.9 Å². The number of aryl methyl sites for hydroxylation is 2. The van der Waals surface area contributed by atoms with E-state index in [1.165, 1.54) is 6.42 Å². The van der Waals surface area contributed by atoms with E-state index in [2.05, 4.69) is 10.4 Å². The highest BCUT2D eigenvalue weighted by Crippen LogP contribution is 2.30. The molecule has 1 amide bonds. The second-order valence-corrected chi connectivity index (χ2v) is 7.20. The molecule has 1 saturated heterocycles. The van der Waals surface area contributed by atoms with Gasteiger partial charge in [-0.25, -0.2) is 0 Å². The van der Waals surface area contributed by atoms with Crippen molar-refractivity contribution in [3.05, 3.63) is 16.6 Å². The lowest BCUT2D eigenvalue weighted by Gasteiger charge is -2.31. The minimum atomic E-state index is 0. The van der Waals surface area contributed by atoms with Crippen LogP contribution in [0.4, 0.5) is 0 Å². The molecule has 0 radical (unpaired) electrons. The molecule has 0 spiro atoms. The summed E-state index contributed by atoms with van der Waals surface area (Å²) < 4.78 is 1.87. The van der Waals surface area contributed by atoms with Crippen molar-refractivity contribution in [3.63, 3.8) is 0 Å². The van der Waals surface area contributed by atoms with Crippen molar-refractivity contribution in [1.29, 1.82) is 0 Å². The Bertz CT molecular complexity index is 638. The van der Waals surface area contributed by atoms with Gasteiger partial charge in [0.25, 0.3) is 5.91 Å². The number of carbonyl (C=O) groups is 1. The average Bonchev–Trinajstić information content (AvgIpc) is 3.07. The van der Waals surface area contributed by atoms with Gasteiger partial charge in [-0.05, 0) is 51.8 Å². The standard InChI is InChI=1S/C16H24N4OS.ClH/c1-11-13-10-14(22-16(13)19(3)18-11)15(21)20-8-5-12(6-9-20)4-7-17-2;/h10,12,17H,4-9H2,1-3H3;1H. The summed E-state index contributed by atoms with van der Waals surface area (Å²) >= 11 is 1.56. The number of rotatable bonds is 4. The molecule has 1 aliphatic rings. The van der Waals surface area contributed by atoms with Gasteiger partial charge in [0.1, 0.15) is 4.83 Å². The zero-order valence-corrected chi connectivity index (χ0v) is 15.6. The smallest absolute Gasteiger partial charge is 0.264 e. The zero-order chi connectivity index (χ0) is 15.7. The third kappa shape index (κ3) is 3.70. The second kappa shape index (κ2) is 7.64. The maximum atomic E-state index is 12.7. The summed E-state index contributed by atoms with van der Waals surface area (Å²) in [6.07, 6.45) is 3.46. The number of fused-ring (bicyclic) bond motifs is 1. The number of hydrogen-bond donors (Lipinski definition) is 1. The van der Waals surface area contributed by atoms with Crippen molar-refractivity contribution in [2.75, 3.05) is 26.7 Å². The number of halogens is 1. The summed E-state index contributed by atoms with van der Waals surface area (Å²) in [6.45, 7) is 4.84. The molecule has 0 bridgehead atoms. The van der Waals surface area contributed by atoms with Crippen LogP contribution in [0.15, 0.2) is 6.07 Å². The molecule has 128 valence electrons. The van der Waals surface area contributed by atoms with Gasteiger partial charge in [-0.15, -0.1) is 23.7 Å². The molecule has 3 rings (SSSR count). The Kier molecular flexibility index (Phi) is 6.06. The number of piperidine rings is 1. The number of hydrogen-bond acceptors (Lipinski definition) is 4. The SMILES string of the molecule is CNCCC1CCN(C(=O)c2cc3c(C)nn(C)c3s2)CC1.Cl. The van der Waals surface area contributed by atoms with E-state index >= 15 is 0 Å². The van der Waals surface area contributed by atoms with Crippen LogP contribution in [0.3, 0.4) is 0 Å². The van der Waals surface area contributed by atoms with E-state index in [1.807, 2.05) is 36.7 Å². The molecule has 7 heteroatoms. The van der Waals surface area contributed by atoms with Crippen molar-refractivity contribution in [2.45, 2.75) is 26.2 Å². The Balaban J connectivity index is 0.00000192. The lowest BCUT2D eigenvalue weighted by Crippen LogP contribution is -2.38. The minimum absolute atomic E-state index is 0. The molecule has 2 aromatic rings. The molecule has 0 aromatic carbocycles. The number of thiophene rings is 1. The molecule has 1 fully saturated rings. The van der Waals surface area contributed by atoms with E-state index in [4.69, 9.17) is 0 Å². The minimum Gasteiger partial charge on any atom is -0.338 e. The summed E-state index contributed by atoms with van der Waals surface area (Å²) in [6, 6.07) is 2.01. The Morgan fingerprint density at radius 1 is 1.43 bits per heavy atom. The fraction of sp³-hybridized carbons (Fsp3) is 0.625. The van der Waals surface area contributed by atoms with Crippen LogP contribution in [0.5, 0.6) is 0 Å². The summed E-state index contributed by atoms with van der Waals surface area (Å²) in [4.78, 5) is 16.7. The lowest BCUT2D eigenvalue weighted by atomic mass is 9.93. The molecule has 0 aliphatic carbocycles. The molecule has 23 heavy (non-hydrogen) atoms. The Morgan fingerprint density at radius 2 is 2.13 bits per heavy atom. The molecular formula is C16H25ClN4OS. The van der Waals surface area contributed by atoms with Crippen LogP contribution in [0, 0.1) is 12.8 Å². The van der Waals surface area contributed by atoms with Crippen LogP contribution in [0.2, 0.25) is 0 Å². The maximum Gasteiger partial charge on any atom is 0.264 e. The van der Waals surface area contributed by atoms with Gasteiger partial charge in [-0.2, -0.15) is 5.10 Å². The summed E-state index contributed by atoms with van der Waals surface area (Å²) in [5.41, 5.74) is 0.999. The first-order valence-electron chi connectivity index (χ1n) is 7.97. The topological polar surface area (TPSA) is 50.2 Å². The van der Waals surface area contributed by atoms with Crippen LogP contribution >= 0.6 is 23.7 Å². The van der Waals surface area contributed by atoms with E-state index in [1.54, 1.807) is 11.3 Å². The number of nitrogens with one attached hydrogen (secondary N) is 1. The van der Waals surface area contributed by atoms with E-state index in [0.29, 0.717) is 0 Å².